The molecule has 2 aromatic carbocycles. The molecule has 1 saturated heterocycles. The van der Waals surface area contributed by atoms with Crippen LogP contribution in [0.25, 0.3) is 0 Å². The van der Waals surface area contributed by atoms with Gasteiger partial charge in [-0.3, -0.25) is 14.6 Å². The molecular weight excluding hydrogens is 408 g/mol. The summed E-state index contributed by atoms with van der Waals surface area (Å²) in [4.78, 5) is 28.7. The molecule has 2 aromatic rings. The first-order valence-corrected chi connectivity index (χ1v) is 13.5. The van der Waals surface area contributed by atoms with Gasteiger partial charge in [-0.15, -0.1) is 0 Å². The van der Waals surface area contributed by atoms with Crippen molar-refractivity contribution in [3.63, 3.8) is 0 Å². The minimum absolute atomic E-state index is 0.0749. The molecular formula is C24H32N2O4Si. The SMILES string of the molecule is COc1ccc(CN2C(=O)CCN(c3cccc(O[Si](C)(C)C(C)(C)C)c3)C2=O)cc1. The Morgan fingerprint density at radius 2 is 1.68 bits per heavy atom. The Kier molecular flexibility index (Phi) is 6.45. The summed E-state index contributed by atoms with van der Waals surface area (Å²) in [6, 6.07) is 14.7. The molecule has 0 atom stereocenters. The number of urea groups is 1. The van der Waals surface area contributed by atoms with Crippen LogP contribution in [-0.4, -0.2) is 38.8 Å². The molecule has 3 amide bonds. The van der Waals surface area contributed by atoms with Crippen molar-refractivity contribution < 1.29 is 18.8 Å². The molecule has 1 heterocycles. The van der Waals surface area contributed by atoms with Crippen LogP contribution in [0.4, 0.5) is 10.5 Å². The Labute approximate surface area is 185 Å². The smallest absolute Gasteiger partial charge is 0.331 e. The zero-order chi connectivity index (χ0) is 22.8. The van der Waals surface area contributed by atoms with Crippen LogP contribution in [0, 0.1) is 0 Å². The van der Waals surface area contributed by atoms with Gasteiger partial charge in [0.05, 0.1) is 13.7 Å². The molecule has 0 radical (unpaired) electrons. The number of amides is 3. The van der Waals surface area contributed by atoms with E-state index in [1.165, 1.54) is 4.90 Å². The molecule has 0 spiro atoms. The Balaban J connectivity index is 1.79. The maximum atomic E-state index is 13.2. The quantitative estimate of drug-likeness (QED) is 0.561. The molecule has 7 heteroatoms. The highest BCUT2D eigenvalue weighted by atomic mass is 28.4. The van der Waals surface area contributed by atoms with Crippen molar-refractivity contribution in [3.05, 3.63) is 54.1 Å². The minimum atomic E-state index is -2.00. The van der Waals surface area contributed by atoms with Crippen LogP contribution in [0.15, 0.2) is 48.5 Å². The van der Waals surface area contributed by atoms with Gasteiger partial charge in [-0.05, 0) is 48.0 Å². The molecule has 1 fully saturated rings. The highest BCUT2D eigenvalue weighted by molar-refractivity contribution is 6.74. The first-order chi connectivity index (χ1) is 14.5. The van der Waals surface area contributed by atoms with Gasteiger partial charge < -0.3 is 9.16 Å². The average molecular weight is 441 g/mol. The van der Waals surface area contributed by atoms with Gasteiger partial charge in [-0.1, -0.05) is 39.0 Å². The average Bonchev–Trinajstić information content (AvgIpc) is 2.70. The van der Waals surface area contributed by atoms with Crippen LogP contribution in [-0.2, 0) is 11.3 Å². The number of anilines is 1. The summed E-state index contributed by atoms with van der Waals surface area (Å²) >= 11 is 0. The molecule has 0 aliphatic carbocycles. The molecule has 6 nitrogen and oxygen atoms in total. The third kappa shape index (κ3) is 5.10. The molecule has 1 aliphatic rings. The molecule has 0 N–H and O–H groups in total. The number of benzene rings is 2. The van der Waals surface area contributed by atoms with Crippen LogP contribution in [0.1, 0.15) is 32.8 Å². The lowest BCUT2D eigenvalue weighted by Gasteiger charge is -2.37. The summed E-state index contributed by atoms with van der Waals surface area (Å²) in [5, 5.41) is 0.0749. The summed E-state index contributed by atoms with van der Waals surface area (Å²) < 4.78 is 11.6. The fraction of sp³-hybridized carbons (Fsp3) is 0.417. The predicted molar refractivity (Wildman–Crippen MR) is 125 cm³/mol. The Hall–Kier alpha value is -2.80. The van der Waals surface area contributed by atoms with Gasteiger partial charge in [0, 0.05) is 24.7 Å². The van der Waals surface area contributed by atoms with Crippen molar-refractivity contribution in [2.24, 2.45) is 0 Å². The first kappa shape index (κ1) is 22.9. The molecule has 31 heavy (non-hydrogen) atoms. The topological polar surface area (TPSA) is 59.1 Å². The summed E-state index contributed by atoms with van der Waals surface area (Å²) in [7, 11) is -0.392. The Morgan fingerprint density at radius 3 is 2.29 bits per heavy atom. The maximum absolute atomic E-state index is 13.2. The van der Waals surface area contributed by atoms with E-state index >= 15 is 0 Å². The van der Waals surface area contributed by atoms with Gasteiger partial charge in [0.1, 0.15) is 11.5 Å². The van der Waals surface area contributed by atoms with Crippen LogP contribution in [0.3, 0.4) is 0 Å². The minimum Gasteiger partial charge on any atom is -0.543 e. The van der Waals surface area contributed by atoms with E-state index in [9.17, 15) is 9.59 Å². The second-order valence-electron chi connectivity index (χ2n) is 9.37. The fourth-order valence-corrected chi connectivity index (χ4v) is 4.18. The molecule has 0 unspecified atom stereocenters. The number of hydrogen-bond acceptors (Lipinski definition) is 4. The van der Waals surface area contributed by atoms with Crippen LogP contribution >= 0.6 is 0 Å². The summed E-state index contributed by atoms with van der Waals surface area (Å²) in [5.41, 5.74) is 1.62. The molecule has 0 bridgehead atoms. The van der Waals surface area contributed by atoms with Crippen molar-refractivity contribution in [2.75, 3.05) is 18.6 Å². The van der Waals surface area contributed by atoms with Crippen molar-refractivity contribution in [3.8, 4) is 11.5 Å². The molecule has 3 rings (SSSR count). The zero-order valence-electron chi connectivity index (χ0n) is 19.3. The summed E-state index contributed by atoms with van der Waals surface area (Å²) in [6.45, 7) is 11.6. The largest absolute Gasteiger partial charge is 0.543 e. The van der Waals surface area contributed by atoms with E-state index in [4.69, 9.17) is 9.16 Å². The lowest BCUT2D eigenvalue weighted by Crippen LogP contribution is -2.52. The molecule has 1 aliphatic heterocycles. The number of carbonyl (C=O) groups is 2. The number of nitrogens with zero attached hydrogens (tertiary/aromatic N) is 2. The number of carbonyl (C=O) groups excluding carboxylic acids is 2. The monoisotopic (exact) mass is 440 g/mol. The second-order valence-corrected chi connectivity index (χ2v) is 14.1. The van der Waals surface area contributed by atoms with E-state index in [2.05, 4.69) is 33.9 Å². The lowest BCUT2D eigenvalue weighted by molar-refractivity contribution is -0.129. The zero-order valence-corrected chi connectivity index (χ0v) is 20.3. The van der Waals surface area contributed by atoms with E-state index in [0.29, 0.717) is 6.54 Å². The third-order valence-electron chi connectivity index (χ3n) is 6.12. The number of methoxy groups -OCH3 is 1. The molecule has 0 aromatic heterocycles. The summed E-state index contributed by atoms with van der Waals surface area (Å²) in [5.74, 6) is 1.33. The van der Waals surface area contributed by atoms with E-state index in [1.54, 1.807) is 12.0 Å². The van der Waals surface area contributed by atoms with E-state index in [0.717, 1.165) is 22.7 Å². The Bertz CT molecular complexity index is 951. The van der Waals surface area contributed by atoms with Gasteiger partial charge in [-0.2, -0.15) is 0 Å². The van der Waals surface area contributed by atoms with Gasteiger partial charge in [0.15, 0.2) is 0 Å². The highest BCUT2D eigenvalue weighted by Gasteiger charge is 2.39. The van der Waals surface area contributed by atoms with Crippen LogP contribution in [0.2, 0.25) is 18.1 Å². The second kappa shape index (κ2) is 8.75. The van der Waals surface area contributed by atoms with Gasteiger partial charge in [0.2, 0.25) is 14.2 Å². The van der Waals surface area contributed by atoms with Crippen molar-refractivity contribution in [1.82, 2.24) is 4.90 Å². The van der Waals surface area contributed by atoms with Gasteiger partial charge >= 0.3 is 6.03 Å². The van der Waals surface area contributed by atoms with E-state index in [1.807, 2.05) is 48.5 Å². The van der Waals surface area contributed by atoms with E-state index in [-0.39, 0.29) is 29.9 Å². The fourth-order valence-electron chi connectivity index (χ4n) is 3.16. The van der Waals surface area contributed by atoms with Crippen molar-refractivity contribution >= 4 is 25.9 Å². The lowest BCUT2D eigenvalue weighted by atomic mass is 10.1. The van der Waals surface area contributed by atoms with Gasteiger partial charge in [-0.25, -0.2) is 4.79 Å². The number of imide groups is 1. The van der Waals surface area contributed by atoms with E-state index < -0.39 is 8.32 Å². The number of hydrogen-bond donors (Lipinski definition) is 0. The molecule has 166 valence electrons. The van der Waals surface area contributed by atoms with Gasteiger partial charge in [0.25, 0.3) is 0 Å². The van der Waals surface area contributed by atoms with Crippen molar-refractivity contribution in [2.45, 2.75) is 51.9 Å². The number of rotatable bonds is 6. The Morgan fingerprint density at radius 1 is 1.00 bits per heavy atom. The standard InChI is InChI=1S/C24H32N2O4Si/c1-24(2,3)31(5,6)30-21-9-7-8-19(16-21)25-15-14-22(27)26(23(25)28)17-18-10-12-20(29-4)13-11-18/h7-13,16H,14-15,17H2,1-6H3. The normalized spacial score (nSPS) is 15.3. The van der Waals surface area contributed by atoms with Crippen LogP contribution in [0.5, 0.6) is 11.5 Å². The highest BCUT2D eigenvalue weighted by Crippen LogP contribution is 2.38. The predicted octanol–water partition coefficient (Wildman–Crippen LogP) is 5.44. The maximum Gasteiger partial charge on any atom is 0.331 e. The number of ether oxygens (including phenoxy) is 1. The first-order valence-electron chi connectivity index (χ1n) is 10.6. The van der Waals surface area contributed by atoms with Crippen LogP contribution < -0.4 is 14.1 Å². The molecule has 0 saturated carbocycles. The summed E-state index contributed by atoms with van der Waals surface area (Å²) in [6.07, 6.45) is 0.287. The van der Waals surface area contributed by atoms with Crippen molar-refractivity contribution in [1.29, 1.82) is 0 Å². The third-order valence-corrected chi connectivity index (χ3v) is 10.5.